The highest BCUT2D eigenvalue weighted by Crippen LogP contribution is 2.22. The fraction of sp³-hybridized carbons (Fsp3) is 0.467. The summed E-state index contributed by atoms with van der Waals surface area (Å²) in [4.78, 5) is 27.3. The minimum absolute atomic E-state index is 0.00216. The smallest absolute Gasteiger partial charge is 0.253 e. The van der Waals surface area contributed by atoms with Gasteiger partial charge in [-0.3, -0.25) is 9.59 Å². The SMILES string of the molecule is CC(CN)N(C)C(=O)c1ccc(N2CCCC2=O)cc1. The number of carbonyl (C=O) groups excluding carboxylic acids is 2. The van der Waals surface area contributed by atoms with Crippen LogP contribution in [0, 0.1) is 0 Å². The molecule has 108 valence electrons. The Morgan fingerprint density at radius 3 is 2.55 bits per heavy atom. The quantitative estimate of drug-likeness (QED) is 0.899. The van der Waals surface area contributed by atoms with E-state index in [0.29, 0.717) is 18.5 Å². The second kappa shape index (κ2) is 6.05. The first-order valence-corrected chi connectivity index (χ1v) is 6.92. The van der Waals surface area contributed by atoms with Crippen molar-refractivity contribution in [1.29, 1.82) is 0 Å². The zero-order chi connectivity index (χ0) is 14.7. The monoisotopic (exact) mass is 275 g/mol. The third kappa shape index (κ3) is 2.82. The highest BCUT2D eigenvalue weighted by Gasteiger charge is 2.22. The average Bonchev–Trinajstić information content (AvgIpc) is 2.91. The Morgan fingerprint density at radius 1 is 1.40 bits per heavy atom. The van der Waals surface area contributed by atoms with Crippen LogP contribution in [0.1, 0.15) is 30.1 Å². The van der Waals surface area contributed by atoms with E-state index in [1.54, 1.807) is 29.0 Å². The van der Waals surface area contributed by atoms with Crippen molar-refractivity contribution < 1.29 is 9.59 Å². The van der Waals surface area contributed by atoms with Crippen molar-refractivity contribution in [3.8, 4) is 0 Å². The number of amides is 2. The van der Waals surface area contributed by atoms with Crippen LogP contribution in [0.25, 0.3) is 0 Å². The van der Waals surface area contributed by atoms with Crippen molar-refractivity contribution >= 4 is 17.5 Å². The van der Waals surface area contributed by atoms with E-state index < -0.39 is 0 Å². The van der Waals surface area contributed by atoms with Crippen LogP contribution >= 0.6 is 0 Å². The van der Waals surface area contributed by atoms with Crippen molar-refractivity contribution in [2.24, 2.45) is 5.73 Å². The van der Waals surface area contributed by atoms with Gasteiger partial charge in [0.15, 0.2) is 0 Å². The lowest BCUT2D eigenvalue weighted by molar-refractivity contribution is -0.117. The number of hydrogen-bond acceptors (Lipinski definition) is 3. The lowest BCUT2D eigenvalue weighted by Crippen LogP contribution is -2.39. The number of nitrogens with two attached hydrogens (primary N) is 1. The molecule has 5 nitrogen and oxygen atoms in total. The lowest BCUT2D eigenvalue weighted by Gasteiger charge is -2.24. The molecular formula is C15H21N3O2. The Kier molecular flexibility index (Phi) is 4.39. The Bertz CT molecular complexity index is 498. The maximum atomic E-state index is 12.2. The molecule has 1 aliphatic rings. The first kappa shape index (κ1) is 14.5. The molecule has 1 atom stereocenters. The molecule has 0 bridgehead atoms. The molecule has 1 aliphatic heterocycles. The largest absolute Gasteiger partial charge is 0.338 e. The molecule has 2 N–H and O–H groups in total. The summed E-state index contributed by atoms with van der Waals surface area (Å²) in [5.41, 5.74) is 7.05. The van der Waals surface area contributed by atoms with E-state index in [9.17, 15) is 9.59 Å². The molecule has 1 saturated heterocycles. The van der Waals surface area contributed by atoms with Gasteiger partial charge in [-0.25, -0.2) is 0 Å². The van der Waals surface area contributed by atoms with Gasteiger partial charge in [-0.2, -0.15) is 0 Å². The second-order valence-corrected chi connectivity index (χ2v) is 5.20. The average molecular weight is 275 g/mol. The molecule has 0 aromatic heterocycles. The Hall–Kier alpha value is -1.88. The minimum atomic E-state index is -0.0535. The maximum absolute atomic E-state index is 12.2. The number of hydrogen-bond donors (Lipinski definition) is 1. The summed E-state index contributed by atoms with van der Waals surface area (Å²) in [5.74, 6) is 0.0974. The molecule has 1 unspecified atom stereocenters. The standard InChI is InChI=1S/C15H21N3O2/c1-11(10-16)17(2)15(20)12-5-7-13(8-6-12)18-9-3-4-14(18)19/h5-8,11H,3-4,9-10,16H2,1-2H3. The first-order chi connectivity index (χ1) is 9.54. The van der Waals surface area contributed by atoms with E-state index in [1.807, 2.05) is 19.1 Å². The molecule has 5 heteroatoms. The Labute approximate surface area is 119 Å². The van der Waals surface area contributed by atoms with Crippen LogP contribution in [0.15, 0.2) is 24.3 Å². The molecule has 1 aromatic rings. The van der Waals surface area contributed by atoms with Crippen LogP contribution in [0.4, 0.5) is 5.69 Å². The van der Waals surface area contributed by atoms with E-state index in [0.717, 1.165) is 18.7 Å². The molecular weight excluding hydrogens is 254 g/mol. The number of anilines is 1. The predicted octanol–water partition coefficient (Wildman–Crippen LogP) is 1.23. The summed E-state index contributed by atoms with van der Waals surface area (Å²) in [6.45, 7) is 3.11. The zero-order valence-electron chi connectivity index (χ0n) is 12.0. The van der Waals surface area contributed by atoms with Crippen LogP contribution in [0.3, 0.4) is 0 Å². The second-order valence-electron chi connectivity index (χ2n) is 5.20. The summed E-state index contributed by atoms with van der Waals surface area (Å²) in [5, 5.41) is 0. The van der Waals surface area contributed by atoms with Gasteiger partial charge in [0.05, 0.1) is 0 Å². The fourth-order valence-corrected chi connectivity index (χ4v) is 2.27. The van der Waals surface area contributed by atoms with E-state index in [4.69, 9.17) is 5.73 Å². The molecule has 1 fully saturated rings. The van der Waals surface area contributed by atoms with E-state index in [-0.39, 0.29) is 17.9 Å². The van der Waals surface area contributed by atoms with Crippen LogP contribution in [0.2, 0.25) is 0 Å². The molecule has 0 aliphatic carbocycles. The van der Waals surface area contributed by atoms with Crippen LogP contribution in [0.5, 0.6) is 0 Å². The van der Waals surface area contributed by atoms with E-state index >= 15 is 0 Å². The molecule has 1 heterocycles. The third-order valence-corrected chi connectivity index (χ3v) is 3.82. The van der Waals surface area contributed by atoms with Gasteiger partial charge < -0.3 is 15.5 Å². The van der Waals surface area contributed by atoms with Crippen LogP contribution < -0.4 is 10.6 Å². The molecule has 2 rings (SSSR count). The molecule has 1 aromatic carbocycles. The first-order valence-electron chi connectivity index (χ1n) is 6.92. The van der Waals surface area contributed by atoms with Crippen LogP contribution in [-0.2, 0) is 4.79 Å². The normalized spacial score (nSPS) is 16.4. The zero-order valence-corrected chi connectivity index (χ0v) is 12.0. The minimum Gasteiger partial charge on any atom is -0.338 e. The molecule has 20 heavy (non-hydrogen) atoms. The predicted molar refractivity (Wildman–Crippen MR) is 78.6 cm³/mol. The molecule has 0 spiro atoms. The Morgan fingerprint density at radius 2 is 2.05 bits per heavy atom. The summed E-state index contributed by atoms with van der Waals surface area (Å²) < 4.78 is 0. The van der Waals surface area contributed by atoms with Crippen molar-refractivity contribution in [1.82, 2.24) is 4.90 Å². The van der Waals surface area contributed by atoms with Crippen molar-refractivity contribution in [3.63, 3.8) is 0 Å². The van der Waals surface area contributed by atoms with Crippen LogP contribution in [-0.4, -0.2) is 42.9 Å². The van der Waals surface area contributed by atoms with Gasteiger partial charge in [-0.05, 0) is 37.6 Å². The van der Waals surface area contributed by atoms with Crippen molar-refractivity contribution in [2.45, 2.75) is 25.8 Å². The molecule has 0 radical (unpaired) electrons. The number of carbonyl (C=O) groups is 2. The maximum Gasteiger partial charge on any atom is 0.253 e. The highest BCUT2D eigenvalue weighted by molar-refractivity contribution is 5.97. The molecule has 2 amide bonds. The van der Waals surface area contributed by atoms with Gasteiger partial charge in [0.25, 0.3) is 5.91 Å². The van der Waals surface area contributed by atoms with Gasteiger partial charge in [0.1, 0.15) is 0 Å². The fourth-order valence-electron chi connectivity index (χ4n) is 2.27. The topological polar surface area (TPSA) is 66.6 Å². The summed E-state index contributed by atoms with van der Waals surface area (Å²) in [6, 6.07) is 7.20. The Balaban J connectivity index is 2.12. The summed E-state index contributed by atoms with van der Waals surface area (Å²) in [7, 11) is 1.75. The van der Waals surface area contributed by atoms with Crippen molar-refractivity contribution in [3.05, 3.63) is 29.8 Å². The third-order valence-electron chi connectivity index (χ3n) is 3.82. The van der Waals surface area contributed by atoms with Crippen molar-refractivity contribution in [2.75, 3.05) is 25.0 Å². The number of benzene rings is 1. The molecule has 0 saturated carbocycles. The number of likely N-dealkylation sites (N-methyl/N-ethyl adjacent to an activating group) is 1. The van der Waals surface area contributed by atoms with Gasteiger partial charge in [0, 0.05) is 43.9 Å². The van der Waals surface area contributed by atoms with Gasteiger partial charge >= 0.3 is 0 Å². The summed E-state index contributed by atoms with van der Waals surface area (Å²) >= 11 is 0. The van der Waals surface area contributed by atoms with Gasteiger partial charge in [-0.1, -0.05) is 0 Å². The number of nitrogens with zero attached hydrogens (tertiary/aromatic N) is 2. The van der Waals surface area contributed by atoms with E-state index in [1.165, 1.54) is 0 Å². The lowest BCUT2D eigenvalue weighted by atomic mass is 10.1. The van der Waals surface area contributed by atoms with Gasteiger partial charge in [0.2, 0.25) is 5.91 Å². The number of rotatable bonds is 4. The van der Waals surface area contributed by atoms with E-state index in [2.05, 4.69) is 0 Å². The summed E-state index contributed by atoms with van der Waals surface area (Å²) in [6.07, 6.45) is 1.51. The van der Waals surface area contributed by atoms with Gasteiger partial charge in [-0.15, -0.1) is 0 Å². The highest BCUT2D eigenvalue weighted by atomic mass is 16.2.